The van der Waals surface area contributed by atoms with Crippen molar-refractivity contribution in [3.05, 3.63) is 95.3 Å². The van der Waals surface area contributed by atoms with Gasteiger partial charge in [-0.05, 0) is 49.6 Å². The van der Waals surface area contributed by atoms with E-state index in [4.69, 9.17) is 4.74 Å². The van der Waals surface area contributed by atoms with Crippen LogP contribution in [0.3, 0.4) is 0 Å². The summed E-state index contributed by atoms with van der Waals surface area (Å²) in [5.41, 5.74) is 4.00. The van der Waals surface area contributed by atoms with Crippen LogP contribution in [0.4, 0.5) is 10.5 Å². The number of aromatic nitrogens is 1. The second kappa shape index (κ2) is 7.10. The first kappa shape index (κ1) is 17.5. The van der Waals surface area contributed by atoms with Crippen molar-refractivity contribution in [2.75, 3.05) is 11.4 Å². The van der Waals surface area contributed by atoms with E-state index in [1.807, 2.05) is 66.9 Å². The Morgan fingerprint density at radius 2 is 1.69 bits per heavy atom. The van der Waals surface area contributed by atoms with Crippen LogP contribution < -0.4 is 4.90 Å². The summed E-state index contributed by atoms with van der Waals surface area (Å²) in [5.74, 6) is 6.39. The van der Waals surface area contributed by atoms with E-state index in [1.54, 1.807) is 4.90 Å². The van der Waals surface area contributed by atoms with Gasteiger partial charge in [-0.15, -0.1) is 0 Å². The monoisotopic (exact) mass is 380 g/mol. The van der Waals surface area contributed by atoms with E-state index in [9.17, 15) is 4.79 Å². The zero-order valence-electron chi connectivity index (χ0n) is 16.0. The lowest BCUT2D eigenvalue weighted by Gasteiger charge is -2.32. The highest BCUT2D eigenvalue weighted by molar-refractivity contribution is 5.90. The average molecular weight is 380 g/mol. The molecule has 1 fully saturated rings. The second-order valence-electron chi connectivity index (χ2n) is 7.47. The molecular weight excluding hydrogens is 360 g/mol. The topological polar surface area (TPSA) is 42.4 Å². The summed E-state index contributed by atoms with van der Waals surface area (Å²) >= 11 is 0. The fourth-order valence-corrected chi connectivity index (χ4v) is 4.15. The minimum Gasteiger partial charge on any atom is -0.436 e. The van der Waals surface area contributed by atoms with Crippen LogP contribution in [0.5, 0.6) is 0 Å². The van der Waals surface area contributed by atoms with Gasteiger partial charge < -0.3 is 4.74 Å². The maximum atomic E-state index is 12.7. The Morgan fingerprint density at radius 3 is 2.48 bits per heavy atom. The molecule has 2 heterocycles. The van der Waals surface area contributed by atoms with Crippen molar-refractivity contribution in [2.45, 2.75) is 24.9 Å². The number of amides is 1. The van der Waals surface area contributed by atoms with Crippen molar-refractivity contribution in [2.24, 2.45) is 0 Å². The number of carbonyl (C=O) groups is 1. The van der Waals surface area contributed by atoms with Gasteiger partial charge in [0.05, 0.1) is 6.54 Å². The average Bonchev–Trinajstić information content (AvgIpc) is 3.10. The number of anilines is 1. The van der Waals surface area contributed by atoms with Crippen molar-refractivity contribution >= 4 is 11.8 Å². The van der Waals surface area contributed by atoms with Gasteiger partial charge in [-0.2, -0.15) is 0 Å². The van der Waals surface area contributed by atoms with Crippen molar-refractivity contribution in [3.63, 3.8) is 0 Å². The molecule has 1 unspecified atom stereocenters. The number of carbonyl (C=O) groups excluding carboxylic acids is 1. The van der Waals surface area contributed by atoms with Crippen molar-refractivity contribution < 1.29 is 9.53 Å². The zero-order chi connectivity index (χ0) is 19.7. The highest BCUT2D eigenvalue weighted by Gasteiger charge is 2.49. The number of rotatable bonds is 1. The number of para-hydroxylation sites is 1. The number of fused-ring (bicyclic) bond motifs is 2. The minimum atomic E-state index is -0.655. The SMILES string of the molecule is O=C1OC2(CCCc3ncc(C#Cc4ccccc4)cc32)CN1c1ccccc1. The maximum absolute atomic E-state index is 12.7. The number of hydrogen-bond acceptors (Lipinski definition) is 3. The Morgan fingerprint density at radius 1 is 0.966 bits per heavy atom. The number of pyridine rings is 1. The third-order valence-corrected chi connectivity index (χ3v) is 5.56. The number of nitrogens with zero attached hydrogens (tertiary/aromatic N) is 2. The molecule has 4 heteroatoms. The second-order valence-corrected chi connectivity index (χ2v) is 7.47. The third-order valence-electron chi connectivity index (χ3n) is 5.56. The van der Waals surface area contributed by atoms with Crippen LogP contribution in [-0.4, -0.2) is 17.6 Å². The zero-order valence-corrected chi connectivity index (χ0v) is 16.0. The van der Waals surface area contributed by atoms with Crippen LogP contribution in [0.2, 0.25) is 0 Å². The normalized spacial score (nSPS) is 20.0. The molecule has 1 spiro atoms. The van der Waals surface area contributed by atoms with Crippen LogP contribution in [0.25, 0.3) is 0 Å². The van der Waals surface area contributed by atoms with E-state index in [0.717, 1.165) is 47.3 Å². The summed E-state index contributed by atoms with van der Waals surface area (Å²) in [6.45, 7) is 0.500. The molecule has 0 radical (unpaired) electrons. The van der Waals surface area contributed by atoms with Crippen LogP contribution in [0.1, 0.15) is 35.2 Å². The lowest BCUT2D eigenvalue weighted by atomic mass is 9.81. The van der Waals surface area contributed by atoms with E-state index >= 15 is 0 Å². The fourth-order valence-electron chi connectivity index (χ4n) is 4.15. The molecule has 5 rings (SSSR count). The van der Waals surface area contributed by atoms with Gasteiger partial charge in [-0.25, -0.2) is 4.79 Å². The van der Waals surface area contributed by atoms with Gasteiger partial charge in [0.15, 0.2) is 5.60 Å². The molecular formula is C25H20N2O2. The van der Waals surface area contributed by atoms with Gasteiger partial charge >= 0.3 is 6.09 Å². The van der Waals surface area contributed by atoms with Crippen LogP contribution in [0.15, 0.2) is 72.9 Å². The summed E-state index contributed by atoms with van der Waals surface area (Å²) in [6.07, 6.45) is 4.16. The van der Waals surface area contributed by atoms with Crippen LogP contribution in [0, 0.1) is 11.8 Å². The first-order chi connectivity index (χ1) is 14.2. The first-order valence-electron chi connectivity index (χ1n) is 9.86. The molecule has 1 aromatic heterocycles. The molecule has 2 aromatic carbocycles. The number of aryl methyl sites for hydroxylation is 1. The van der Waals surface area contributed by atoms with E-state index in [1.165, 1.54) is 0 Å². The van der Waals surface area contributed by atoms with E-state index in [0.29, 0.717) is 6.54 Å². The van der Waals surface area contributed by atoms with E-state index in [2.05, 4.69) is 22.9 Å². The van der Waals surface area contributed by atoms with E-state index < -0.39 is 5.60 Å². The molecule has 2 aliphatic rings. The quantitative estimate of drug-likeness (QED) is 0.576. The predicted octanol–water partition coefficient (Wildman–Crippen LogP) is 4.67. The van der Waals surface area contributed by atoms with Gasteiger partial charge in [0, 0.05) is 34.3 Å². The van der Waals surface area contributed by atoms with Crippen molar-refractivity contribution in [1.29, 1.82) is 0 Å². The van der Waals surface area contributed by atoms with Crippen molar-refractivity contribution in [3.8, 4) is 11.8 Å². The molecule has 1 aliphatic carbocycles. The molecule has 1 aliphatic heterocycles. The van der Waals surface area contributed by atoms with Crippen molar-refractivity contribution in [1.82, 2.24) is 4.98 Å². The standard InChI is InChI=1S/C25H20N2O2/c28-24-27(21-10-5-2-6-11-21)18-25(29-24)15-7-12-23-22(25)16-20(17-26-23)14-13-19-8-3-1-4-9-19/h1-6,8-11,16-17H,7,12,15,18H2. The maximum Gasteiger partial charge on any atom is 0.415 e. The predicted molar refractivity (Wildman–Crippen MR) is 112 cm³/mol. The molecule has 1 atom stereocenters. The summed E-state index contributed by atoms with van der Waals surface area (Å²) in [7, 11) is 0. The largest absolute Gasteiger partial charge is 0.436 e. The lowest BCUT2D eigenvalue weighted by Crippen LogP contribution is -2.36. The number of benzene rings is 2. The Kier molecular flexibility index (Phi) is 4.29. The Labute approximate surface area is 170 Å². The number of ether oxygens (including phenoxy) is 1. The molecule has 4 nitrogen and oxygen atoms in total. The molecule has 1 amide bonds. The van der Waals surface area contributed by atoms with Crippen LogP contribution >= 0.6 is 0 Å². The van der Waals surface area contributed by atoms with Gasteiger partial charge in [0.1, 0.15) is 0 Å². The Hall–Kier alpha value is -3.58. The minimum absolute atomic E-state index is 0.301. The number of hydrogen-bond donors (Lipinski definition) is 0. The highest BCUT2D eigenvalue weighted by Crippen LogP contribution is 2.43. The van der Waals surface area contributed by atoms with Gasteiger partial charge in [-0.3, -0.25) is 9.88 Å². The molecule has 29 heavy (non-hydrogen) atoms. The highest BCUT2D eigenvalue weighted by atomic mass is 16.6. The molecule has 3 aromatic rings. The molecule has 0 saturated carbocycles. The Bertz CT molecular complexity index is 1120. The molecule has 1 saturated heterocycles. The lowest BCUT2D eigenvalue weighted by molar-refractivity contribution is 0.0389. The smallest absolute Gasteiger partial charge is 0.415 e. The van der Waals surface area contributed by atoms with Crippen LogP contribution in [-0.2, 0) is 16.8 Å². The summed E-state index contributed by atoms with van der Waals surface area (Å²) in [5, 5.41) is 0. The van der Waals surface area contributed by atoms with Gasteiger partial charge in [0.2, 0.25) is 0 Å². The van der Waals surface area contributed by atoms with Gasteiger partial charge in [0.25, 0.3) is 0 Å². The molecule has 0 N–H and O–H groups in total. The summed E-state index contributed by atoms with van der Waals surface area (Å²) < 4.78 is 6.00. The van der Waals surface area contributed by atoms with E-state index in [-0.39, 0.29) is 6.09 Å². The molecule has 142 valence electrons. The fraction of sp³-hybridized carbons (Fsp3) is 0.200. The third kappa shape index (κ3) is 3.25. The molecule has 0 bridgehead atoms. The Balaban J connectivity index is 1.51. The van der Waals surface area contributed by atoms with Gasteiger partial charge in [-0.1, -0.05) is 48.2 Å². The first-order valence-corrected chi connectivity index (χ1v) is 9.86. The summed E-state index contributed by atoms with van der Waals surface area (Å²) in [4.78, 5) is 19.1. The summed E-state index contributed by atoms with van der Waals surface area (Å²) in [6, 6.07) is 21.6.